The number of nitrogens with zero attached hydrogens (tertiary/aromatic N) is 4. The zero-order chi connectivity index (χ0) is 17.8. The number of benzene rings is 1. The molecule has 0 saturated carbocycles. The van der Waals surface area contributed by atoms with Crippen molar-refractivity contribution in [2.45, 2.75) is 26.3 Å². The second kappa shape index (κ2) is 7.34. The summed E-state index contributed by atoms with van der Waals surface area (Å²) in [6.07, 6.45) is 6.24. The number of hydrogen-bond donors (Lipinski definition) is 0. The predicted octanol–water partition coefficient (Wildman–Crippen LogP) is 2.97. The van der Waals surface area contributed by atoms with Crippen molar-refractivity contribution < 1.29 is 9.21 Å². The van der Waals surface area contributed by atoms with E-state index in [1.165, 1.54) is 5.56 Å². The lowest BCUT2D eigenvalue weighted by Crippen LogP contribution is -2.26. The summed E-state index contributed by atoms with van der Waals surface area (Å²) < 4.78 is 7.50. The van der Waals surface area contributed by atoms with Gasteiger partial charge in [-0.3, -0.25) is 9.48 Å². The van der Waals surface area contributed by atoms with Crippen LogP contribution in [0.15, 0.2) is 47.3 Å². The Hall–Kier alpha value is -2.89. The minimum atomic E-state index is 0.0546. The maximum absolute atomic E-state index is 12.3. The van der Waals surface area contributed by atoms with Crippen LogP contribution in [0.2, 0.25) is 0 Å². The number of oxazole rings is 1. The van der Waals surface area contributed by atoms with Gasteiger partial charge in [0, 0.05) is 50.8 Å². The van der Waals surface area contributed by atoms with E-state index in [0.29, 0.717) is 25.3 Å². The Balaban J connectivity index is 1.54. The van der Waals surface area contributed by atoms with Crippen molar-refractivity contribution in [1.29, 1.82) is 0 Å². The van der Waals surface area contributed by atoms with E-state index in [0.717, 1.165) is 16.9 Å². The second-order valence-corrected chi connectivity index (χ2v) is 6.26. The summed E-state index contributed by atoms with van der Waals surface area (Å²) in [6.45, 7) is 2.59. The lowest BCUT2D eigenvalue weighted by Gasteiger charge is -2.15. The van der Waals surface area contributed by atoms with E-state index in [2.05, 4.69) is 10.1 Å². The molecule has 3 aromatic rings. The van der Waals surface area contributed by atoms with Gasteiger partial charge in [0.1, 0.15) is 0 Å². The van der Waals surface area contributed by atoms with Gasteiger partial charge >= 0.3 is 0 Å². The first kappa shape index (κ1) is 17.0. The van der Waals surface area contributed by atoms with E-state index < -0.39 is 0 Å². The third-order valence-electron chi connectivity index (χ3n) is 4.05. The number of aromatic nitrogens is 3. The third kappa shape index (κ3) is 4.35. The zero-order valence-electron chi connectivity index (χ0n) is 14.8. The highest BCUT2D eigenvalue weighted by molar-refractivity contribution is 5.76. The molecule has 0 unspecified atom stereocenters. The molecule has 0 N–H and O–H groups in total. The first-order valence-corrected chi connectivity index (χ1v) is 8.24. The SMILES string of the molecule is Cc1ccc(-c2cnc(CCC(=O)N(C)Cc3cnn(C)c3)o2)cc1. The van der Waals surface area contributed by atoms with Gasteiger partial charge in [-0.25, -0.2) is 4.98 Å². The molecule has 3 rings (SSSR count). The van der Waals surface area contributed by atoms with Gasteiger partial charge in [0.15, 0.2) is 11.7 Å². The van der Waals surface area contributed by atoms with Gasteiger partial charge in [-0.2, -0.15) is 5.10 Å². The highest BCUT2D eigenvalue weighted by Gasteiger charge is 2.13. The fourth-order valence-corrected chi connectivity index (χ4v) is 2.60. The standard InChI is InChI=1S/C19H22N4O2/c1-14-4-6-16(7-5-14)17-11-20-18(25-17)8-9-19(24)22(2)12-15-10-21-23(3)13-15/h4-7,10-11,13H,8-9,12H2,1-3H3. The van der Waals surface area contributed by atoms with Crippen LogP contribution in [-0.4, -0.2) is 32.6 Å². The van der Waals surface area contributed by atoms with E-state index in [-0.39, 0.29) is 5.91 Å². The molecule has 2 heterocycles. The van der Waals surface area contributed by atoms with Crippen molar-refractivity contribution in [2.75, 3.05) is 7.05 Å². The minimum absolute atomic E-state index is 0.0546. The van der Waals surface area contributed by atoms with Gasteiger partial charge < -0.3 is 9.32 Å². The molecule has 6 nitrogen and oxygen atoms in total. The van der Waals surface area contributed by atoms with Gasteiger partial charge in [-0.15, -0.1) is 0 Å². The van der Waals surface area contributed by atoms with E-state index in [1.54, 1.807) is 29.0 Å². The van der Waals surface area contributed by atoms with Crippen molar-refractivity contribution in [3.05, 3.63) is 59.9 Å². The molecule has 1 aromatic carbocycles. The molecule has 0 aliphatic carbocycles. The highest BCUT2D eigenvalue weighted by atomic mass is 16.4. The predicted molar refractivity (Wildman–Crippen MR) is 94.7 cm³/mol. The summed E-state index contributed by atoms with van der Waals surface area (Å²) in [6, 6.07) is 8.09. The smallest absolute Gasteiger partial charge is 0.223 e. The summed E-state index contributed by atoms with van der Waals surface area (Å²) in [5, 5.41) is 4.11. The Kier molecular flexibility index (Phi) is 4.97. The molecule has 1 amide bonds. The van der Waals surface area contributed by atoms with Gasteiger partial charge in [-0.05, 0) is 6.92 Å². The molecule has 0 atom stereocenters. The summed E-state index contributed by atoms with van der Waals surface area (Å²) in [4.78, 5) is 18.2. The van der Waals surface area contributed by atoms with Crippen LogP contribution in [0.4, 0.5) is 0 Å². The van der Waals surface area contributed by atoms with Crippen molar-refractivity contribution in [1.82, 2.24) is 19.7 Å². The van der Waals surface area contributed by atoms with Gasteiger partial charge in [0.2, 0.25) is 5.91 Å². The van der Waals surface area contributed by atoms with Crippen LogP contribution >= 0.6 is 0 Å². The zero-order valence-corrected chi connectivity index (χ0v) is 14.8. The fraction of sp³-hybridized carbons (Fsp3) is 0.316. The normalized spacial score (nSPS) is 10.8. The van der Waals surface area contributed by atoms with E-state index in [9.17, 15) is 4.79 Å². The molecule has 0 aliphatic rings. The number of hydrogen-bond acceptors (Lipinski definition) is 4. The molecule has 0 saturated heterocycles. The van der Waals surface area contributed by atoms with E-state index in [4.69, 9.17) is 4.42 Å². The Labute approximate surface area is 147 Å². The molecule has 0 spiro atoms. The maximum atomic E-state index is 12.3. The molecule has 6 heteroatoms. The first-order valence-electron chi connectivity index (χ1n) is 8.24. The summed E-state index contributed by atoms with van der Waals surface area (Å²) >= 11 is 0. The third-order valence-corrected chi connectivity index (χ3v) is 4.05. The van der Waals surface area contributed by atoms with Gasteiger partial charge in [-0.1, -0.05) is 29.8 Å². The molecule has 0 bridgehead atoms. The van der Waals surface area contributed by atoms with Crippen LogP contribution in [0.5, 0.6) is 0 Å². The molecule has 25 heavy (non-hydrogen) atoms. The quantitative estimate of drug-likeness (QED) is 0.693. The topological polar surface area (TPSA) is 64.2 Å². The van der Waals surface area contributed by atoms with Crippen molar-refractivity contribution in [2.24, 2.45) is 7.05 Å². The van der Waals surface area contributed by atoms with Crippen LogP contribution in [0, 0.1) is 6.92 Å². The Morgan fingerprint density at radius 3 is 2.68 bits per heavy atom. The second-order valence-electron chi connectivity index (χ2n) is 6.26. The lowest BCUT2D eigenvalue weighted by atomic mass is 10.1. The Morgan fingerprint density at radius 1 is 1.24 bits per heavy atom. The van der Waals surface area contributed by atoms with E-state index in [1.807, 2.05) is 44.4 Å². The molecular formula is C19H22N4O2. The number of rotatable bonds is 6. The van der Waals surface area contributed by atoms with Crippen LogP contribution in [-0.2, 0) is 24.8 Å². The average molecular weight is 338 g/mol. The van der Waals surface area contributed by atoms with Gasteiger partial charge in [0.05, 0.1) is 12.4 Å². The monoisotopic (exact) mass is 338 g/mol. The lowest BCUT2D eigenvalue weighted by molar-refractivity contribution is -0.130. The van der Waals surface area contributed by atoms with Crippen LogP contribution in [0.3, 0.4) is 0 Å². The number of carbonyl (C=O) groups excluding carboxylic acids is 1. The van der Waals surface area contributed by atoms with Crippen molar-refractivity contribution in [3.63, 3.8) is 0 Å². The Morgan fingerprint density at radius 2 is 2.00 bits per heavy atom. The van der Waals surface area contributed by atoms with Crippen molar-refractivity contribution >= 4 is 5.91 Å². The molecular weight excluding hydrogens is 316 g/mol. The largest absolute Gasteiger partial charge is 0.441 e. The minimum Gasteiger partial charge on any atom is -0.441 e. The Bertz CT molecular complexity index is 848. The average Bonchev–Trinajstić information content (AvgIpc) is 3.22. The number of aryl methyl sites for hydroxylation is 3. The molecule has 0 aliphatic heterocycles. The number of amides is 1. The van der Waals surface area contributed by atoms with Gasteiger partial charge in [0.25, 0.3) is 0 Å². The summed E-state index contributed by atoms with van der Waals surface area (Å²) in [7, 11) is 3.65. The maximum Gasteiger partial charge on any atom is 0.223 e. The number of carbonyl (C=O) groups is 1. The molecule has 2 aromatic heterocycles. The van der Waals surface area contributed by atoms with Crippen LogP contribution in [0.1, 0.15) is 23.4 Å². The van der Waals surface area contributed by atoms with E-state index >= 15 is 0 Å². The molecule has 0 radical (unpaired) electrons. The highest BCUT2D eigenvalue weighted by Crippen LogP contribution is 2.21. The molecule has 0 fully saturated rings. The molecule has 130 valence electrons. The van der Waals surface area contributed by atoms with Crippen LogP contribution in [0.25, 0.3) is 11.3 Å². The van der Waals surface area contributed by atoms with Crippen LogP contribution < -0.4 is 0 Å². The fourth-order valence-electron chi connectivity index (χ4n) is 2.60. The summed E-state index contributed by atoms with van der Waals surface area (Å²) in [5.74, 6) is 1.36. The first-order chi connectivity index (χ1) is 12.0. The van der Waals surface area contributed by atoms with Crippen molar-refractivity contribution in [3.8, 4) is 11.3 Å². The summed E-state index contributed by atoms with van der Waals surface area (Å²) in [5.41, 5.74) is 3.20.